The van der Waals surface area contributed by atoms with Gasteiger partial charge in [0.05, 0.1) is 5.75 Å². The minimum absolute atomic E-state index is 0. The van der Waals surface area contributed by atoms with Crippen LogP contribution in [0.15, 0.2) is 59.6 Å². The molecule has 0 fully saturated rings. The summed E-state index contributed by atoms with van der Waals surface area (Å²) in [5, 5.41) is 6.52. The minimum atomic E-state index is -2.97. The molecule has 6 nitrogen and oxygen atoms in total. The van der Waals surface area contributed by atoms with E-state index in [2.05, 4.69) is 21.7 Å². The van der Waals surface area contributed by atoms with Gasteiger partial charge in [-0.25, -0.2) is 8.42 Å². The van der Waals surface area contributed by atoms with Crippen LogP contribution in [0.1, 0.15) is 24.5 Å². The molecule has 0 saturated carbocycles. The molecular weight excluding hydrogens is 501 g/mol. The van der Waals surface area contributed by atoms with Crippen LogP contribution >= 0.6 is 24.0 Å². The smallest absolute Gasteiger partial charge is 0.191 e. The van der Waals surface area contributed by atoms with E-state index >= 15 is 0 Å². The number of nitrogens with one attached hydrogen (secondary N) is 2. The molecular formula is C21H30IN3O3S. The third-order valence-corrected chi connectivity index (χ3v) is 5.21. The lowest BCUT2D eigenvalue weighted by atomic mass is 10.1. The van der Waals surface area contributed by atoms with E-state index in [0.717, 1.165) is 16.9 Å². The fraction of sp³-hybridized carbons (Fsp3) is 0.381. The van der Waals surface area contributed by atoms with Gasteiger partial charge in [-0.1, -0.05) is 42.5 Å². The Hall–Kier alpha value is -1.81. The number of para-hydroxylation sites is 1. The van der Waals surface area contributed by atoms with Crippen molar-refractivity contribution in [3.63, 3.8) is 0 Å². The molecule has 0 bridgehead atoms. The van der Waals surface area contributed by atoms with Gasteiger partial charge in [-0.05, 0) is 36.6 Å². The highest BCUT2D eigenvalue weighted by atomic mass is 127. The van der Waals surface area contributed by atoms with Gasteiger partial charge in [0.25, 0.3) is 0 Å². The number of rotatable bonds is 9. The van der Waals surface area contributed by atoms with Crippen molar-refractivity contribution in [2.45, 2.75) is 32.5 Å². The minimum Gasteiger partial charge on any atom is -0.489 e. The third kappa shape index (κ3) is 9.98. The lowest BCUT2D eigenvalue weighted by Gasteiger charge is -2.18. The predicted molar refractivity (Wildman–Crippen MR) is 130 cm³/mol. The zero-order valence-electron chi connectivity index (χ0n) is 17.1. The fourth-order valence-corrected chi connectivity index (χ4v) is 3.40. The van der Waals surface area contributed by atoms with E-state index in [1.165, 1.54) is 6.26 Å². The van der Waals surface area contributed by atoms with Crippen LogP contribution in [0.5, 0.6) is 5.75 Å². The van der Waals surface area contributed by atoms with Crippen LogP contribution in [0.3, 0.4) is 0 Å². The number of nitrogens with zero attached hydrogens (tertiary/aromatic N) is 1. The summed E-state index contributed by atoms with van der Waals surface area (Å²) in [7, 11) is -1.27. The molecule has 2 aromatic rings. The van der Waals surface area contributed by atoms with Crippen molar-refractivity contribution in [3.8, 4) is 5.75 Å². The van der Waals surface area contributed by atoms with Crippen LogP contribution in [-0.4, -0.2) is 39.5 Å². The van der Waals surface area contributed by atoms with Gasteiger partial charge in [0.15, 0.2) is 5.96 Å². The van der Waals surface area contributed by atoms with Gasteiger partial charge in [0.2, 0.25) is 0 Å². The van der Waals surface area contributed by atoms with Crippen molar-refractivity contribution >= 4 is 39.8 Å². The Bertz CT molecular complexity index is 874. The van der Waals surface area contributed by atoms with Gasteiger partial charge in [0, 0.05) is 25.9 Å². The second-order valence-corrected chi connectivity index (χ2v) is 9.02. The molecule has 29 heavy (non-hydrogen) atoms. The maximum atomic E-state index is 11.3. The van der Waals surface area contributed by atoms with Crippen molar-refractivity contribution in [2.24, 2.45) is 4.99 Å². The highest BCUT2D eigenvalue weighted by Crippen LogP contribution is 2.14. The molecule has 2 rings (SSSR count). The Labute approximate surface area is 191 Å². The molecule has 0 aliphatic heterocycles. The average molecular weight is 531 g/mol. The number of guanidine groups is 1. The topological polar surface area (TPSA) is 79.8 Å². The first-order valence-electron chi connectivity index (χ1n) is 9.27. The van der Waals surface area contributed by atoms with E-state index in [4.69, 9.17) is 4.74 Å². The molecule has 0 aliphatic carbocycles. The van der Waals surface area contributed by atoms with Gasteiger partial charge in [-0.3, -0.25) is 4.99 Å². The Morgan fingerprint density at radius 2 is 1.69 bits per heavy atom. The summed E-state index contributed by atoms with van der Waals surface area (Å²) in [6.07, 6.45) is 1.78. The Morgan fingerprint density at radius 3 is 2.31 bits per heavy atom. The van der Waals surface area contributed by atoms with Crippen LogP contribution < -0.4 is 15.4 Å². The molecule has 0 radical (unpaired) electrons. The van der Waals surface area contributed by atoms with Crippen LogP contribution in [0, 0.1) is 0 Å². The molecule has 0 spiro atoms. The number of hydrogen-bond donors (Lipinski definition) is 2. The Morgan fingerprint density at radius 1 is 1.07 bits per heavy atom. The molecule has 0 heterocycles. The second kappa shape index (κ2) is 12.7. The van der Waals surface area contributed by atoms with E-state index in [9.17, 15) is 8.42 Å². The first-order valence-corrected chi connectivity index (χ1v) is 11.3. The average Bonchev–Trinajstić information content (AvgIpc) is 2.69. The lowest BCUT2D eigenvalue weighted by molar-refractivity contribution is 0.305. The van der Waals surface area contributed by atoms with Crippen molar-refractivity contribution < 1.29 is 13.2 Å². The molecule has 8 heteroatoms. The number of benzene rings is 2. The van der Waals surface area contributed by atoms with Crippen molar-refractivity contribution in [3.05, 3.63) is 65.7 Å². The zero-order chi connectivity index (χ0) is 20.4. The van der Waals surface area contributed by atoms with E-state index in [0.29, 0.717) is 25.5 Å². The van der Waals surface area contributed by atoms with Crippen LogP contribution in [0.25, 0.3) is 0 Å². The largest absolute Gasteiger partial charge is 0.489 e. The van der Waals surface area contributed by atoms with Gasteiger partial charge in [-0.15, -0.1) is 24.0 Å². The molecule has 2 N–H and O–H groups in total. The first-order chi connectivity index (χ1) is 13.4. The van der Waals surface area contributed by atoms with Crippen LogP contribution in [0.4, 0.5) is 0 Å². The molecule has 0 aromatic heterocycles. The normalized spacial score (nSPS) is 12.6. The molecule has 0 amide bonds. The lowest BCUT2D eigenvalue weighted by Crippen LogP contribution is -2.42. The standard InChI is InChI=1S/C21H29N3O3S.HI/c1-17(13-14-28(3,25)26)24-21(22-2)23-15-18-9-7-8-10-19(18)16-27-20-11-5-4-6-12-20;/h4-12,17H,13-16H2,1-3H3,(H2,22,23,24);1H. The monoisotopic (exact) mass is 531 g/mol. The number of sulfone groups is 1. The maximum absolute atomic E-state index is 11.3. The predicted octanol–water partition coefficient (Wildman–Crippen LogP) is 3.37. The highest BCUT2D eigenvalue weighted by molar-refractivity contribution is 14.0. The maximum Gasteiger partial charge on any atom is 0.191 e. The summed E-state index contributed by atoms with van der Waals surface area (Å²) >= 11 is 0. The summed E-state index contributed by atoms with van der Waals surface area (Å²) < 4.78 is 28.5. The summed E-state index contributed by atoms with van der Waals surface area (Å²) in [6, 6.07) is 17.8. The molecule has 160 valence electrons. The fourth-order valence-electron chi connectivity index (χ4n) is 2.62. The van der Waals surface area contributed by atoms with Crippen LogP contribution in [-0.2, 0) is 23.0 Å². The second-order valence-electron chi connectivity index (χ2n) is 6.76. The quantitative estimate of drug-likeness (QED) is 0.295. The van der Waals surface area contributed by atoms with Crippen molar-refractivity contribution in [2.75, 3.05) is 19.1 Å². The van der Waals surface area contributed by atoms with E-state index in [1.807, 2.05) is 55.5 Å². The van der Waals surface area contributed by atoms with Gasteiger partial charge < -0.3 is 15.4 Å². The molecule has 2 aromatic carbocycles. The number of aliphatic imine (C=N–C) groups is 1. The summed E-state index contributed by atoms with van der Waals surface area (Å²) in [4.78, 5) is 4.22. The van der Waals surface area contributed by atoms with Crippen molar-refractivity contribution in [1.82, 2.24) is 10.6 Å². The van der Waals surface area contributed by atoms with Crippen LogP contribution in [0.2, 0.25) is 0 Å². The summed E-state index contributed by atoms with van der Waals surface area (Å²) in [5.74, 6) is 1.62. The van der Waals surface area contributed by atoms with E-state index in [1.54, 1.807) is 7.05 Å². The molecule has 0 saturated heterocycles. The molecule has 0 aliphatic rings. The van der Waals surface area contributed by atoms with Gasteiger partial charge >= 0.3 is 0 Å². The Balaban J connectivity index is 0.00000420. The SMILES string of the molecule is CN=C(NCc1ccccc1COc1ccccc1)NC(C)CCS(C)(=O)=O.I. The van der Waals surface area contributed by atoms with E-state index < -0.39 is 9.84 Å². The summed E-state index contributed by atoms with van der Waals surface area (Å²) in [6.45, 7) is 3.02. The molecule has 1 atom stereocenters. The van der Waals surface area contributed by atoms with Gasteiger partial charge in [-0.2, -0.15) is 0 Å². The number of hydrogen-bond acceptors (Lipinski definition) is 4. The summed E-state index contributed by atoms with van der Waals surface area (Å²) in [5.41, 5.74) is 2.21. The zero-order valence-corrected chi connectivity index (χ0v) is 20.2. The van der Waals surface area contributed by atoms with E-state index in [-0.39, 0.29) is 35.8 Å². The highest BCUT2D eigenvalue weighted by Gasteiger charge is 2.10. The third-order valence-electron chi connectivity index (χ3n) is 4.23. The van der Waals surface area contributed by atoms with Crippen molar-refractivity contribution in [1.29, 1.82) is 0 Å². The first kappa shape index (κ1) is 25.2. The molecule has 1 unspecified atom stereocenters. The Kier molecular flexibility index (Phi) is 11.0. The van der Waals surface area contributed by atoms with Gasteiger partial charge in [0.1, 0.15) is 22.2 Å². The number of halogens is 1. The number of ether oxygens (including phenoxy) is 1.